The van der Waals surface area contributed by atoms with Gasteiger partial charge in [-0.05, 0) is 12.8 Å². The quantitative estimate of drug-likeness (QED) is 0.597. The Morgan fingerprint density at radius 1 is 1.36 bits per heavy atom. The molecule has 0 aliphatic carbocycles. The molecule has 2 aromatic heterocycles. The first kappa shape index (κ1) is 7.73. The van der Waals surface area contributed by atoms with E-state index >= 15 is 0 Å². The molecule has 2 aromatic rings. The van der Waals surface area contributed by atoms with Crippen LogP contribution in [0.25, 0.3) is 5.65 Å². The Hall–Kier alpha value is -1.65. The zero-order chi connectivity index (χ0) is 9.54. The Labute approximate surface area is 80.0 Å². The third-order valence-corrected chi connectivity index (χ3v) is 2.64. The van der Waals surface area contributed by atoms with Crippen LogP contribution in [0.15, 0.2) is 17.3 Å². The fraction of sp³-hybridized carbons (Fsp3) is 0.444. The molecule has 0 atom stereocenters. The number of aryl methyl sites for hydroxylation is 1. The number of rotatable bonds is 0. The van der Waals surface area contributed by atoms with Crippen molar-refractivity contribution in [3.63, 3.8) is 0 Å². The molecule has 0 unspecified atom stereocenters. The highest BCUT2D eigenvalue weighted by atomic mass is 16.1. The molecule has 0 saturated carbocycles. The molecule has 0 N–H and O–H groups in total. The van der Waals surface area contributed by atoms with Crippen LogP contribution in [0.4, 0.5) is 0 Å². The fourth-order valence-electron chi connectivity index (χ4n) is 1.92. The van der Waals surface area contributed by atoms with Crippen molar-refractivity contribution >= 4 is 5.65 Å². The molecule has 3 heterocycles. The van der Waals surface area contributed by atoms with Gasteiger partial charge in [-0.25, -0.2) is 19.2 Å². The van der Waals surface area contributed by atoms with Crippen molar-refractivity contribution < 1.29 is 0 Å². The molecule has 1 aliphatic rings. The Morgan fingerprint density at radius 3 is 3.21 bits per heavy atom. The molecule has 0 spiro atoms. The SMILES string of the molecule is O=c1n2c(nc3cncn13)CCCC2. The van der Waals surface area contributed by atoms with Crippen LogP contribution in [-0.2, 0) is 13.0 Å². The third kappa shape index (κ3) is 0.921. The lowest BCUT2D eigenvalue weighted by molar-refractivity contribution is 0.483. The second-order valence-corrected chi connectivity index (χ2v) is 3.54. The topological polar surface area (TPSA) is 52.2 Å². The Bertz CT molecular complexity index is 539. The second-order valence-electron chi connectivity index (χ2n) is 3.54. The average molecular weight is 190 g/mol. The van der Waals surface area contributed by atoms with Crippen LogP contribution in [0, 0.1) is 0 Å². The lowest BCUT2D eigenvalue weighted by atomic mass is 10.2. The van der Waals surface area contributed by atoms with E-state index in [4.69, 9.17) is 0 Å². The van der Waals surface area contributed by atoms with E-state index in [9.17, 15) is 4.79 Å². The summed E-state index contributed by atoms with van der Waals surface area (Å²) in [5.41, 5.74) is 0.644. The first-order valence-electron chi connectivity index (χ1n) is 4.78. The molecule has 14 heavy (non-hydrogen) atoms. The number of aromatic nitrogens is 4. The largest absolute Gasteiger partial charge is 0.336 e. The minimum atomic E-state index is -0.0119. The highest BCUT2D eigenvalue weighted by Gasteiger charge is 2.13. The van der Waals surface area contributed by atoms with E-state index in [1.165, 1.54) is 10.7 Å². The molecular weight excluding hydrogens is 180 g/mol. The van der Waals surface area contributed by atoms with Gasteiger partial charge in [-0.2, -0.15) is 0 Å². The molecule has 0 amide bonds. The molecule has 0 fully saturated rings. The first-order chi connectivity index (χ1) is 6.86. The van der Waals surface area contributed by atoms with E-state index in [1.54, 1.807) is 10.8 Å². The fourth-order valence-corrected chi connectivity index (χ4v) is 1.92. The molecular formula is C9H10N4O. The number of imidazole rings is 1. The molecule has 0 radical (unpaired) electrons. The van der Waals surface area contributed by atoms with Gasteiger partial charge in [0.2, 0.25) is 0 Å². The van der Waals surface area contributed by atoms with Crippen molar-refractivity contribution in [3.05, 3.63) is 28.8 Å². The van der Waals surface area contributed by atoms with Gasteiger partial charge < -0.3 is 0 Å². The van der Waals surface area contributed by atoms with Crippen LogP contribution >= 0.6 is 0 Å². The maximum absolute atomic E-state index is 11.9. The van der Waals surface area contributed by atoms with Crippen LogP contribution in [0.5, 0.6) is 0 Å². The van der Waals surface area contributed by atoms with Gasteiger partial charge in [0.15, 0.2) is 5.65 Å². The summed E-state index contributed by atoms with van der Waals surface area (Å²) >= 11 is 0. The molecule has 5 heteroatoms. The third-order valence-electron chi connectivity index (χ3n) is 2.64. The van der Waals surface area contributed by atoms with Crippen LogP contribution in [0.2, 0.25) is 0 Å². The van der Waals surface area contributed by atoms with Crippen LogP contribution in [-0.4, -0.2) is 18.9 Å². The van der Waals surface area contributed by atoms with Crippen molar-refractivity contribution in [1.29, 1.82) is 0 Å². The van der Waals surface area contributed by atoms with E-state index in [-0.39, 0.29) is 5.69 Å². The van der Waals surface area contributed by atoms with Gasteiger partial charge in [0.05, 0.1) is 6.20 Å². The Balaban J connectivity index is 2.42. The number of fused-ring (bicyclic) bond motifs is 2. The van der Waals surface area contributed by atoms with Gasteiger partial charge in [0.25, 0.3) is 0 Å². The van der Waals surface area contributed by atoms with Crippen molar-refractivity contribution in [2.75, 3.05) is 0 Å². The summed E-state index contributed by atoms with van der Waals surface area (Å²) < 4.78 is 3.24. The predicted octanol–water partition coefficient (Wildman–Crippen LogP) is 0.227. The van der Waals surface area contributed by atoms with Crippen LogP contribution in [0.3, 0.4) is 0 Å². The average Bonchev–Trinajstić information content (AvgIpc) is 2.66. The maximum Gasteiger partial charge on any atom is 0.336 e. The normalized spacial score (nSPS) is 15.7. The molecule has 0 saturated heterocycles. The molecule has 5 nitrogen and oxygen atoms in total. The summed E-state index contributed by atoms with van der Waals surface area (Å²) in [4.78, 5) is 20.2. The molecule has 0 aromatic carbocycles. The Morgan fingerprint density at radius 2 is 2.29 bits per heavy atom. The zero-order valence-electron chi connectivity index (χ0n) is 7.68. The van der Waals surface area contributed by atoms with Crippen LogP contribution < -0.4 is 5.69 Å². The summed E-state index contributed by atoms with van der Waals surface area (Å²) in [7, 11) is 0. The van der Waals surface area contributed by atoms with E-state index in [2.05, 4.69) is 9.97 Å². The highest BCUT2D eigenvalue weighted by Crippen LogP contribution is 2.10. The monoisotopic (exact) mass is 190 g/mol. The standard InChI is InChI=1S/C9H10N4O/c14-9-12-4-2-1-3-7(12)11-8-5-10-6-13(8)9/h5-6H,1-4H2. The number of hydrogen-bond donors (Lipinski definition) is 0. The van der Waals surface area contributed by atoms with E-state index < -0.39 is 0 Å². The van der Waals surface area contributed by atoms with Gasteiger partial charge >= 0.3 is 5.69 Å². The summed E-state index contributed by atoms with van der Waals surface area (Å²) in [5, 5.41) is 0. The summed E-state index contributed by atoms with van der Waals surface area (Å²) in [6.07, 6.45) is 6.23. The summed E-state index contributed by atoms with van der Waals surface area (Å²) in [6, 6.07) is 0. The van der Waals surface area contributed by atoms with Crippen molar-refractivity contribution in [2.45, 2.75) is 25.8 Å². The smallest absolute Gasteiger partial charge is 0.281 e. The molecule has 72 valence electrons. The van der Waals surface area contributed by atoms with Crippen LogP contribution in [0.1, 0.15) is 18.7 Å². The van der Waals surface area contributed by atoms with E-state index in [0.717, 1.165) is 31.6 Å². The van der Waals surface area contributed by atoms with E-state index in [1.807, 2.05) is 0 Å². The lowest BCUT2D eigenvalue weighted by Gasteiger charge is -2.16. The van der Waals surface area contributed by atoms with Gasteiger partial charge in [0, 0.05) is 13.0 Å². The second kappa shape index (κ2) is 2.67. The molecule has 0 bridgehead atoms. The van der Waals surface area contributed by atoms with E-state index in [0.29, 0.717) is 5.65 Å². The maximum atomic E-state index is 11.9. The van der Waals surface area contributed by atoms with Gasteiger partial charge in [-0.1, -0.05) is 0 Å². The highest BCUT2D eigenvalue weighted by molar-refractivity contribution is 5.34. The minimum absolute atomic E-state index is 0.0119. The summed E-state index contributed by atoms with van der Waals surface area (Å²) in [6.45, 7) is 0.787. The number of nitrogens with zero attached hydrogens (tertiary/aromatic N) is 4. The molecule has 3 rings (SSSR count). The number of hydrogen-bond acceptors (Lipinski definition) is 3. The minimum Gasteiger partial charge on any atom is -0.281 e. The molecule has 1 aliphatic heterocycles. The predicted molar refractivity (Wildman–Crippen MR) is 50.2 cm³/mol. The Kier molecular flexibility index (Phi) is 1.47. The van der Waals surface area contributed by atoms with Gasteiger partial charge in [0.1, 0.15) is 12.2 Å². The van der Waals surface area contributed by atoms with Crippen molar-refractivity contribution in [2.24, 2.45) is 0 Å². The van der Waals surface area contributed by atoms with Gasteiger partial charge in [-0.3, -0.25) is 4.57 Å². The van der Waals surface area contributed by atoms with Crippen molar-refractivity contribution in [3.8, 4) is 0 Å². The lowest BCUT2D eigenvalue weighted by Crippen LogP contribution is -2.32. The first-order valence-corrected chi connectivity index (χ1v) is 4.78. The zero-order valence-corrected chi connectivity index (χ0v) is 7.68. The summed E-state index contributed by atoms with van der Waals surface area (Å²) in [5.74, 6) is 0.897. The van der Waals surface area contributed by atoms with Crippen molar-refractivity contribution in [1.82, 2.24) is 18.9 Å². The van der Waals surface area contributed by atoms with Gasteiger partial charge in [-0.15, -0.1) is 0 Å².